The largest absolute Gasteiger partial charge is 0.416 e. The molecular weight excluding hydrogens is 373 g/mol. The first-order valence-corrected chi connectivity index (χ1v) is 9.86. The Morgan fingerprint density at radius 1 is 0.759 bits per heavy atom. The van der Waals surface area contributed by atoms with E-state index in [0.717, 1.165) is 30.9 Å². The van der Waals surface area contributed by atoms with Crippen LogP contribution in [-0.2, 0) is 38.5 Å². The average molecular weight is 396 g/mol. The fourth-order valence-electron chi connectivity index (χ4n) is 4.32. The molecule has 0 amide bonds. The monoisotopic (exact) mass is 396 g/mol. The first-order valence-electron chi connectivity index (χ1n) is 9.86. The molecule has 4 heteroatoms. The molecule has 1 nitrogen and oxygen atoms in total. The quantitative estimate of drug-likeness (QED) is 0.583. The van der Waals surface area contributed by atoms with Crippen molar-refractivity contribution in [1.29, 1.82) is 0 Å². The lowest BCUT2D eigenvalue weighted by Gasteiger charge is -2.12. The zero-order chi connectivity index (χ0) is 20.4. The third kappa shape index (κ3) is 4.70. The van der Waals surface area contributed by atoms with Gasteiger partial charge in [0, 0.05) is 0 Å². The molecule has 0 saturated carbocycles. The zero-order valence-corrected chi connectivity index (χ0v) is 16.0. The molecule has 3 aromatic carbocycles. The molecule has 0 heterocycles. The van der Waals surface area contributed by atoms with Gasteiger partial charge in [0.1, 0.15) is 0 Å². The first-order chi connectivity index (χ1) is 13.9. The van der Waals surface area contributed by atoms with Gasteiger partial charge in [-0.2, -0.15) is 13.2 Å². The Hall–Kier alpha value is -2.59. The molecule has 1 aliphatic rings. The van der Waals surface area contributed by atoms with Gasteiger partial charge in [0.15, 0.2) is 0 Å². The Bertz CT molecular complexity index is 993. The summed E-state index contributed by atoms with van der Waals surface area (Å²) in [5, 5.41) is 9.33. The maximum absolute atomic E-state index is 13.1. The molecule has 3 aromatic rings. The Labute approximate surface area is 168 Å². The number of alkyl halides is 3. The van der Waals surface area contributed by atoms with Crippen LogP contribution in [0.15, 0.2) is 66.7 Å². The summed E-state index contributed by atoms with van der Waals surface area (Å²) in [6.07, 6.45) is -0.903. The van der Waals surface area contributed by atoms with Crippen molar-refractivity contribution in [1.82, 2.24) is 0 Å². The maximum Gasteiger partial charge on any atom is 0.416 e. The molecule has 1 N–H and O–H groups in total. The number of aliphatic hydroxyl groups excluding tert-OH is 1. The summed E-state index contributed by atoms with van der Waals surface area (Å²) >= 11 is 0. The first kappa shape index (κ1) is 19.7. The second-order valence-electron chi connectivity index (χ2n) is 7.94. The molecule has 29 heavy (non-hydrogen) atoms. The van der Waals surface area contributed by atoms with E-state index in [1.54, 1.807) is 6.07 Å². The predicted molar refractivity (Wildman–Crippen MR) is 108 cm³/mol. The van der Waals surface area contributed by atoms with Gasteiger partial charge in [0.25, 0.3) is 0 Å². The minimum Gasteiger partial charge on any atom is -0.392 e. The topological polar surface area (TPSA) is 20.2 Å². The van der Waals surface area contributed by atoms with Crippen LogP contribution in [0.25, 0.3) is 0 Å². The number of rotatable bonds is 5. The fourth-order valence-corrected chi connectivity index (χ4v) is 4.32. The van der Waals surface area contributed by atoms with Crippen LogP contribution in [0, 0.1) is 5.92 Å². The van der Waals surface area contributed by atoms with E-state index in [1.807, 2.05) is 12.1 Å². The van der Waals surface area contributed by atoms with E-state index in [4.69, 9.17) is 0 Å². The smallest absolute Gasteiger partial charge is 0.392 e. The summed E-state index contributed by atoms with van der Waals surface area (Å²) in [7, 11) is 0. The summed E-state index contributed by atoms with van der Waals surface area (Å²) in [5.74, 6) is 0.567. The van der Waals surface area contributed by atoms with Crippen molar-refractivity contribution in [3.05, 3.63) is 106 Å². The number of hydrogen-bond acceptors (Lipinski definition) is 1. The van der Waals surface area contributed by atoms with E-state index in [2.05, 4.69) is 36.4 Å². The summed E-state index contributed by atoms with van der Waals surface area (Å²) in [6, 6.07) is 20.6. The van der Waals surface area contributed by atoms with Crippen molar-refractivity contribution >= 4 is 0 Å². The molecule has 0 fully saturated rings. The van der Waals surface area contributed by atoms with Crippen LogP contribution in [0.1, 0.15) is 38.9 Å². The van der Waals surface area contributed by atoms with Crippen molar-refractivity contribution in [2.24, 2.45) is 5.92 Å². The van der Waals surface area contributed by atoms with Gasteiger partial charge in [-0.1, -0.05) is 54.6 Å². The van der Waals surface area contributed by atoms with Crippen LogP contribution in [-0.4, -0.2) is 5.11 Å². The molecule has 0 spiro atoms. The highest BCUT2D eigenvalue weighted by Gasteiger charge is 2.31. The fraction of sp³-hybridized carbons (Fsp3) is 0.280. The number of hydrogen-bond donors (Lipinski definition) is 1. The molecular formula is C25H23F3O. The predicted octanol–water partition coefficient (Wildman–Crippen LogP) is 5.75. The Morgan fingerprint density at radius 2 is 1.48 bits per heavy atom. The van der Waals surface area contributed by atoms with Gasteiger partial charge in [-0.25, -0.2) is 0 Å². The standard InChI is InChI=1S/C25H23F3O/c26-25(27,28)24-14-19(10-21(15-24)16-29)9-18-6-7-22-12-20(13-23(22)11-18)8-17-4-2-1-3-5-17/h1-7,10-11,14-15,20,29H,8-9,12-13,16H2. The summed E-state index contributed by atoms with van der Waals surface area (Å²) in [6.45, 7) is -0.401. The molecule has 150 valence electrons. The number of fused-ring (bicyclic) bond motifs is 1. The lowest BCUT2D eigenvalue weighted by atomic mass is 9.96. The van der Waals surface area contributed by atoms with Crippen molar-refractivity contribution in [3.8, 4) is 0 Å². The molecule has 1 unspecified atom stereocenters. The van der Waals surface area contributed by atoms with Gasteiger partial charge in [-0.05, 0) is 77.1 Å². The molecule has 1 atom stereocenters. The summed E-state index contributed by atoms with van der Waals surface area (Å²) in [5.41, 5.74) is 5.15. The van der Waals surface area contributed by atoms with E-state index in [-0.39, 0.29) is 0 Å². The van der Waals surface area contributed by atoms with Gasteiger partial charge in [-0.15, -0.1) is 0 Å². The highest BCUT2D eigenvalue weighted by Crippen LogP contribution is 2.33. The molecule has 4 rings (SSSR count). The lowest BCUT2D eigenvalue weighted by molar-refractivity contribution is -0.137. The summed E-state index contributed by atoms with van der Waals surface area (Å²) < 4.78 is 39.4. The van der Waals surface area contributed by atoms with E-state index in [9.17, 15) is 18.3 Å². The van der Waals surface area contributed by atoms with Crippen LogP contribution in [0.5, 0.6) is 0 Å². The zero-order valence-electron chi connectivity index (χ0n) is 16.0. The van der Waals surface area contributed by atoms with Crippen LogP contribution in [0.4, 0.5) is 13.2 Å². The Kier molecular flexibility index (Phi) is 5.46. The van der Waals surface area contributed by atoms with E-state index < -0.39 is 18.3 Å². The minimum absolute atomic E-state index is 0.291. The SMILES string of the molecule is OCc1cc(Cc2ccc3c(c2)CC(Cc2ccccc2)C3)cc(C(F)(F)F)c1. The van der Waals surface area contributed by atoms with Crippen molar-refractivity contribution in [2.75, 3.05) is 0 Å². The summed E-state index contributed by atoms with van der Waals surface area (Å²) in [4.78, 5) is 0. The molecule has 0 saturated heterocycles. The normalized spacial score (nSPS) is 16.1. The Balaban J connectivity index is 1.51. The van der Waals surface area contributed by atoms with Gasteiger partial charge in [-0.3, -0.25) is 0 Å². The average Bonchev–Trinajstić information content (AvgIpc) is 3.09. The highest BCUT2D eigenvalue weighted by molar-refractivity contribution is 5.40. The highest BCUT2D eigenvalue weighted by atomic mass is 19.4. The lowest BCUT2D eigenvalue weighted by Crippen LogP contribution is -2.07. The molecule has 0 radical (unpaired) electrons. The van der Waals surface area contributed by atoms with Gasteiger partial charge in [0.05, 0.1) is 12.2 Å². The van der Waals surface area contributed by atoms with Crippen molar-refractivity contribution < 1.29 is 18.3 Å². The van der Waals surface area contributed by atoms with Crippen LogP contribution < -0.4 is 0 Å². The number of benzene rings is 3. The van der Waals surface area contributed by atoms with E-state index in [0.29, 0.717) is 23.5 Å². The molecule has 0 aliphatic heterocycles. The third-order valence-corrected chi connectivity index (χ3v) is 5.63. The second kappa shape index (κ2) is 8.03. The van der Waals surface area contributed by atoms with E-state index >= 15 is 0 Å². The Morgan fingerprint density at radius 3 is 2.21 bits per heavy atom. The van der Waals surface area contributed by atoms with Crippen molar-refractivity contribution in [3.63, 3.8) is 0 Å². The van der Waals surface area contributed by atoms with Crippen molar-refractivity contribution in [2.45, 2.75) is 38.5 Å². The van der Waals surface area contributed by atoms with Gasteiger partial charge in [0.2, 0.25) is 0 Å². The molecule has 1 aliphatic carbocycles. The third-order valence-electron chi connectivity index (χ3n) is 5.63. The van der Waals surface area contributed by atoms with E-state index in [1.165, 1.54) is 22.8 Å². The number of aliphatic hydroxyl groups is 1. The number of halogens is 3. The van der Waals surface area contributed by atoms with Gasteiger partial charge >= 0.3 is 6.18 Å². The molecule has 0 bridgehead atoms. The minimum atomic E-state index is -4.41. The second-order valence-corrected chi connectivity index (χ2v) is 7.94. The maximum atomic E-state index is 13.1. The van der Waals surface area contributed by atoms with Crippen LogP contribution >= 0.6 is 0 Å². The van der Waals surface area contributed by atoms with Crippen LogP contribution in [0.3, 0.4) is 0 Å². The van der Waals surface area contributed by atoms with Crippen LogP contribution in [0.2, 0.25) is 0 Å². The van der Waals surface area contributed by atoms with Gasteiger partial charge < -0.3 is 5.11 Å². The molecule has 0 aromatic heterocycles.